The van der Waals surface area contributed by atoms with Gasteiger partial charge in [0.15, 0.2) is 0 Å². The molecule has 1 aromatic heterocycles. The van der Waals surface area contributed by atoms with Crippen molar-refractivity contribution < 1.29 is 9.11 Å². The fraction of sp³-hybridized carbons (Fsp3) is 0.400. The third-order valence-electron chi connectivity index (χ3n) is 6.74. The smallest absolute Gasteiger partial charge is 0.131 e. The summed E-state index contributed by atoms with van der Waals surface area (Å²) in [7, 11) is -2.80. The van der Waals surface area contributed by atoms with Crippen molar-refractivity contribution >= 4 is 33.0 Å². The molecule has 0 spiro atoms. The van der Waals surface area contributed by atoms with Crippen molar-refractivity contribution in [2.45, 2.75) is 56.1 Å². The van der Waals surface area contributed by atoms with E-state index in [1.54, 1.807) is 0 Å². The van der Waals surface area contributed by atoms with Gasteiger partial charge in [-0.15, -0.1) is 0 Å². The van der Waals surface area contributed by atoms with Crippen LogP contribution in [0.15, 0.2) is 53.4 Å². The summed E-state index contributed by atoms with van der Waals surface area (Å²) in [5, 5.41) is 4.91. The lowest BCUT2D eigenvalue weighted by molar-refractivity contribution is 0.411. The molecule has 3 aromatic rings. The lowest BCUT2D eigenvalue weighted by Crippen LogP contribution is -2.33. The van der Waals surface area contributed by atoms with E-state index in [0.717, 1.165) is 53.7 Å². The van der Waals surface area contributed by atoms with Crippen LogP contribution in [-0.2, 0) is 6.54 Å². The summed E-state index contributed by atoms with van der Waals surface area (Å²) in [5.41, 5.74) is 10.3. The van der Waals surface area contributed by atoms with Gasteiger partial charge in [0.2, 0.25) is 0 Å². The molecule has 32 heavy (non-hydrogen) atoms. The molecule has 0 atom stereocenters. The molecule has 170 valence electrons. The van der Waals surface area contributed by atoms with Gasteiger partial charge in [-0.1, -0.05) is 29.8 Å². The van der Waals surface area contributed by atoms with E-state index in [2.05, 4.69) is 41.4 Å². The van der Waals surface area contributed by atoms with Crippen molar-refractivity contribution in [3.05, 3.63) is 59.7 Å². The van der Waals surface area contributed by atoms with Gasteiger partial charge in [0.05, 0.1) is 16.2 Å². The highest BCUT2D eigenvalue weighted by atomic mass is 32.3. The van der Waals surface area contributed by atoms with Crippen molar-refractivity contribution in [2.24, 2.45) is 5.73 Å². The molecule has 1 aliphatic heterocycles. The number of hydrogen-bond donors (Lipinski definition) is 4. The molecule has 0 unspecified atom stereocenters. The lowest BCUT2D eigenvalue weighted by Gasteiger charge is -2.32. The molecule has 1 aliphatic carbocycles. The Labute approximate surface area is 191 Å². The molecule has 2 aliphatic rings. The van der Waals surface area contributed by atoms with E-state index in [0.29, 0.717) is 35.8 Å². The second kappa shape index (κ2) is 8.56. The molecule has 1 fully saturated rings. The van der Waals surface area contributed by atoms with Crippen molar-refractivity contribution in [1.82, 2.24) is 4.98 Å². The van der Waals surface area contributed by atoms with Crippen LogP contribution in [-0.4, -0.2) is 38.5 Å². The summed E-state index contributed by atoms with van der Waals surface area (Å²) in [4.78, 5) is 7.81. The number of benzene rings is 2. The molecular weight excluding hydrogens is 420 g/mol. The zero-order valence-corrected chi connectivity index (χ0v) is 19.3. The first-order valence-corrected chi connectivity index (χ1v) is 13.1. The van der Waals surface area contributed by atoms with E-state index in [-0.39, 0.29) is 0 Å². The molecule has 5 rings (SSSR count). The average Bonchev–Trinajstić information content (AvgIpc) is 2.91. The van der Waals surface area contributed by atoms with Crippen LogP contribution in [0.25, 0.3) is 10.9 Å². The first kappa shape index (κ1) is 21.5. The summed E-state index contributed by atoms with van der Waals surface area (Å²) in [5.74, 6) is 1.17. The second-order valence-corrected chi connectivity index (χ2v) is 11.4. The zero-order valence-electron chi connectivity index (χ0n) is 18.5. The number of aryl methyl sites for hydroxylation is 1. The number of fused-ring (bicyclic) bond motifs is 2. The molecule has 0 bridgehead atoms. The Morgan fingerprint density at radius 2 is 1.84 bits per heavy atom. The van der Waals surface area contributed by atoms with Gasteiger partial charge in [0.1, 0.15) is 5.82 Å². The van der Waals surface area contributed by atoms with Gasteiger partial charge in [0, 0.05) is 42.3 Å². The maximum atomic E-state index is 10.7. The number of rotatable bonds is 3. The predicted molar refractivity (Wildman–Crippen MR) is 134 cm³/mol. The minimum absolute atomic E-state index is 0.306. The Balaban J connectivity index is 1.52. The van der Waals surface area contributed by atoms with Crippen LogP contribution < -0.4 is 16.0 Å². The van der Waals surface area contributed by atoms with Crippen molar-refractivity contribution in [3.8, 4) is 0 Å². The minimum atomic E-state index is -2.80. The predicted octanol–water partition coefficient (Wildman–Crippen LogP) is 5.35. The monoisotopic (exact) mass is 452 g/mol. The number of pyridine rings is 1. The molecule has 0 saturated heterocycles. The highest BCUT2D eigenvalue weighted by Crippen LogP contribution is 2.51. The molecule has 0 radical (unpaired) electrons. The Morgan fingerprint density at radius 3 is 2.66 bits per heavy atom. The van der Waals surface area contributed by atoms with E-state index >= 15 is 0 Å². The lowest BCUT2D eigenvalue weighted by atomic mass is 9.91. The van der Waals surface area contributed by atoms with Gasteiger partial charge in [-0.05, 0) is 56.4 Å². The molecule has 2 aromatic carbocycles. The van der Waals surface area contributed by atoms with Gasteiger partial charge < -0.3 is 16.0 Å². The first-order valence-electron chi connectivity index (χ1n) is 11.4. The largest absolute Gasteiger partial charge is 0.382 e. The van der Waals surface area contributed by atoms with Crippen molar-refractivity contribution in [3.63, 3.8) is 0 Å². The van der Waals surface area contributed by atoms with Crippen LogP contribution in [0.2, 0.25) is 0 Å². The van der Waals surface area contributed by atoms with E-state index in [1.165, 1.54) is 5.56 Å². The van der Waals surface area contributed by atoms with Gasteiger partial charge in [-0.3, -0.25) is 9.11 Å². The van der Waals surface area contributed by atoms with Crippen LogP contribution in [0, 0.1) is 6.92 Å². The molecule has 7 heteroatoms. The number of nitrogens with two attached hydrogens (primary N) is 1. The SMILES string of the molecule is Cc1ccc2nc(N3CCS(O)(O)c4ccccc4C3)cc(N[C@H]3CC[C@@H](N)CC3)c2c1. The van der Waals surface area contributed by atoms with Crippen LogP contribution >= 0.6 is 10.6 Å². The quantitative estimate of drug-likeness (QED) is 0.428. The average molecular weight is 453 g/mol. The van der Waals surface area contributed by atoms with Crippen LogP contribution in [0.3, 0.4) is 0 Å². The van der Waals surface area contributed by atoms with Crippen molar-refractivity contribution in [1.29, 1.82) is 0 Å². The van der Waals surface area contributed by atoms with Gasteiger partial charge in [0.25, 0.3) is 0 Å². The highest BCUT2D eigenvalue weighted by Gasteiger charge is 2.27. The molecular formula is C25H32N4O2S. The number of nitrogens with zero attached hydrogens (tertiary/aromatic N) is 2. The molecule has 2 heterocycles. The Kier molecular flexibility index (Phi) is 5.75. The van der Waals surface area contributed by atoms with Gasteiger partial charge in [-0.25, -0.2) is 4.98 Å². The Hall–Kier alpha value is -2.32. The number of nitrogens with one attached hydrogen (secondary N) is 1. The number of anilines is 2. The molecule has 0 amide bonds. The van der Waals surface area contributed by atoms with E-state index < -0.39 is 10.6 Å². The summed E-state index contributed by atoms with van der Waals surface area (Å²) in [6.45, 7) is 3.25. The van der Waals surface area contributed by atoms with Crippen LogP contribution in [0.4, 0.5) is 11.5 Å². The topological polar surface area (TPSA) is 94.6 Å². The van der Waals surface area contributed by atoms with Crippen LogP contribution in [0.1, 0.15) is 36.8 Å². The van der Waals surface area contributed by atoms with Gasteiger partial charge >= 0.3 is 0 Å². The first-order chi connectivity index (χ1) is 15.4. The van der Waals surface area contributed by atoms with E-state index in [9.17, 15) is 9.11 Å². The summed E-state index contributed by atoms with van der Waals surface area (Å²) in [6.07, 6.45) is 4.24. The number of hydrogen-bond acceptors (Lipinski definition) is 6. The summed E-state index contributed by atoms with van der Waals surface area (Å²) < 4.78 is 21.5. The Bertz CT molecular complexity index is 1130. The highest BCUT2D eigenvalue weighted by molar-refractivity contribution is 8.24. The maximum Gasteiger partial charge on any atom is 0.131 e. The van der Waals surface area contributed by atoms with E-state index in [4.69, 9.17) is 10.7 Å². The number of aromatic nitrogens is 1. The van der Waals surface area contributed by atoms with Crippen LogP contribution in [0.5, 0.6) is 0 Å². The normalized spacial score (nSPS) is 23.9. The molecule has 6 nitrogen and oxygen atoms in total. The maximum absolute atomic E-state index is 10.7. The Morgan fingerprint density at radius 1 is 1.06 bits per heavy atom. The summed E-state index contributed by atoms with van der Waals surface area (Å²) >= 11 is 0. The third-order valence-corrected chi connectivity index (χ3v) is 8.59. The summed E-state index contributed by atoms with van der Waals surface area (Å²) in [6, 6.07) is 16.9. The van der Waals surface area contributed by atoms with Gasteiger partial charge in [-0.2, -0.15) is 10.6 Å². The fourth-order valence-electron chi connectivity index (χ4n) is 4.87. The second-order valence-electron chi connectivity index (χ2n) is 9.20. The fourth-order valence-corrected chi connectivity index (χ4v) is 6.42. The zero-order chi connectivity index (χ0) is 22.3. The minimum Gasteiger partial charge on any atom is -0.382 e. The molecule has 5 N–H and O–H groups in total. The molecule has 1 saturated carbocycles. The van der Waals surface area contributed by atoms with Crippen molar-refractivity contribution in [2.75, 3.05) is 22.5 Å². The third kappa shape index (κ3) is 4.30. The van der Waals surface area contributed by atoms with E-state index in [1.807, 2.05) is 24.3 Å². The standard InChI is InChI=1S/C25H32N4O2S/c1-17-6-11-22-21(14-17)23(27-20-9-7-19(26)8-10-20)15-25(28-22)29-12-13-32(30,31)24-5-3-2-4-18(24)16-29/h2-6,11,14-15,19-20,30-31H,7-10,12-13,16,26H2,1H3,(H,27,28)/t19-,20+.